The lowest BCUT2D eigenvalue weighted by atomic mass is 10.1. The predicted molar refractivity (Wildman–Crippen MR) is 118 cm³/mol. The van der Waals surface area contributed by atoms with Gasteiger partial charge in [0.2, 0.25) is 0 Å². The van der Waals surface area contributed by atoms with Crippen LogP contribution in [-0.2, 0) is 12.8 Å². The lowest BCUT2D eigenvalue weighted by Crippen LogP contribution is -2.49. The Morgan fingerprint density at radius 2 is 1.87 bits per heavy atom. The van der Waals surface area contributed by atoms with Gasteiger partial charge in [0.25, 0.3) is 0 Å². The molecule has 0 unspecified atom stereocenters. The summed E-state index contributed by atoms with van der Waals surface area (Å²) in [5.74, 6) is 0.577. The molecule has 3 aromatic rings. The van der Waals surface area contributed by atoms with E-state index in [1.165, 1.54) is 4.88 Å². The first kappa shape index (κ1) is 20.5. The standard InChI is InChI=1S/C23H26N4O2S/c1-18-22(30-17-25-18)9-11-26-12-14-27(15-13-26)23(28)29-21-7-5-19(6-8-21)16-20-4-2-3-10-24-20/h2-8,10,17H,9,11-16H2,1H3. The second-order valence-corrected chi connectivity index (χ2v) is 8.39. The van der Waals surface area contributed by atoms with E-state index in [4.69, 9.17) is 4.74 Å². The minimum Gasteiger partial charge on any atom is -0.410 e. The van der Waals surface area contributed by atoms with Crippen LogP contribution in [0.2, 0.25) is 0 Å². The highest BCUT2D eigenvalue weighted by Crippen LogP contribution is 2.17. The molecule has 1 saturated heterocycles. The molecule has 4 rings (SSSR count). The van der Waals surface area contributed by atoms with Gasteiger partial charge < -0.3 is 9.64 Å². The van der Waals surface area contributed by atoms with Crippen molar-refractivity contribution in [2.75, 3.05) is 32.7 Å². The number of pyridine rings is 1. The molecule has 1 amide bonds. The second kappa shape index (κ2) is 9.82. The summed E-state index contributed by atoms with van der Waals surface area (Å²) in [5.41, 5.74) is 5.20. The first-order valence-electron chi connectivity index (χ1n) is 10.2. The number of hydrogen-bond acceptors (Lipinski definition) is 6. The van der Waals surface area contributed by atoms with Crippen LogP contribution in [0.3, 0.4) is 0 Å². The van der Waals surface area contributed by atoms with Crippen molar-refractivity contribution in [3.63, 3.8) is 0 Å². The van der Waals surface area contributed by atoms with Crippen molar-refractivity contribution in [3.8, 4) is 5.75 Å². The molecule has 0 N–H and O–H groups in total. The van der Waals surface area contributed by atoms with Gasteiger partial charge in [0, 0.05) is 55.9 Å². The van der Waals surface area contributed by atoms with Crippen molar-refractivity contribution < 1.29 is 9.53 Å². The summed E-state index contributed by atoms with van der Waals surface area (Å²) < 4.78 is 5.58. The van der Waals surface area contributed by atoms with Crippen LogP contribution in [0, 0.1) is 6.92 Å². The Labute approximate surface area is 181 Å². The molecule has 0 saturated carbocycles. The van der Waals surface area contributed by atoms with Gasteiger partial charge in [0.15, 0.2) is 0 Å². The zero-order valence-corrected chi connectivity index (χ0v) is 18.0. The van der Waals surface area contributed by atoms with Gasteiger partial charge in [-0.15, -0.1) is 11.3 Å². The van der Waals surface area contributed by atoms with Crippen LogP contribution in [-0.4, -0.2) is 58.6 Å². The van der Waals surface area contributed by atoms with Crippen molar-refractivity contribution in [3.05, 3.63) is 76.0 Å². The van der Waals surface area contributed by atoms with Crippen LogP contribution in [0.1, 0.15) is 21.8 Å². The Balaban J connectivity index is 1.22. The number of thiazole rings is 1. The number of amides is 1. The molecule has 0 spiro atoms. The SMILES string of the molecule is Cc1ncsc1CCN1CCN(C(=O)Oc2ccc(Cc3ccccn3)cc2)CC1. The summed E-state index contributed by atoms with van der Waals surface area (Å²) in [6, 6.07) is 13.6. The van der Waals surface area contributed by atoms with E-state index in [9.17, 15) is 4.79 Å². The molecular formula is C23H26N4O2S. The molecule has 0 atom stereocenters. The summed E-state index contributed by atoms with van der Waals surface area (Å²) >= 11 is 1.72. The molecule has 30 heavy (non-hydrogen) atoms. The van der Waals surface area contributed by atoms with E-state index >= 15 is 0 Å². The van der Waals surface area contributed by atoms with Crippen LogP contribution in [0.5, 0.6) is 5.75 Å². The molecule has 1 fully saturated rings. The normalized spacial score (nSPS) is 14.6. The molecule has 3 heterocycles. The van der Waals surface area contributed by atoms with Crippen LogP contribution >= 0.6 is 11.3 Å². The third-order valence-electron chi connectivity index (χ3n) is 5.37. The number of piperazine rings is 1. The summed E-state index contributed by atoms with van der Waals surface area (Å²) in [7, 11) is 0. The highest BCUT2D eigenvalue weighted by atomic mass is 32.1. The molecule has 0 radical (unpaired) electrons. The lowest BCUT2D eigenvalue weighted by Gasteiger charge is -2.33. The molecule has 6 nitrogen and oxygen atoms in total. The minimum atomic E-state index is -0.273. The Kier molecular flexibility index (Phi) is 6.71. The fourth-order valence-electron chi connectivity index (χ4n) is 3.53. The number of carbonyl (C=O) groups is 1. The van der Waals surface area contributed by atoms with Gasteiger partial charge in [-0.2, -0.15) is 0 Å². The molecule has 7 heteroatoms. The monoisotopic (exact) mass is 422 g/mol. The number of nitrogens with zero attached hydrogens (tertiary/aromatic N) is 4. The van der Waals surface area contributed by atoms with E-state index in [-0.39, 0.29) is 6.09 Å². The molecule has 1 aliphatic rings. The van der Waals surface area contributed by atoms with Crippen LogP contribution in [0.25, 0.3) is 0 Å². The average Bonchev–Trinajstić information content (AvgIpc) is 3.19. The van der Waals surface area contributed by atoms with Crippen molar-refractivity contribution in [1.29, 1.82) is 0 Å². The number of benzene rings is 1. The Hall–Kier alpha value is -2.77. The fourth-order valence-corrected chi connectivity index (χ4v) is 4.30. The van der Waals surface area contributed by atoms with Crippen LogP contribution in [0.4, 0.5) is 4.79 Å². The Bertz CT molecular complexity index is 951. The highest BCUT2D eigenvalue weighted by molar-refractivity contribution is 7.09. The van der Waals surface area contributed by atoms with Crippen molar-refractivity contribution in [1.82, 2.24) is 19.8 Å². The van der Waals surface area contributed by atoms with Gasteiger partial charge in [0.05, 0.1) is 11.2 Å². The fraction of sp³-hybridized carbons (Fsp3) is 0.348. The number of rotatable bonds is 6. The average molecular weight is 423 g/mol. The highest BCUT2D eigenvalue weighted by Gasteiger charge is 2.22. The molecule has 2 aromatic heterocycles. The first-order chi connectivity index (χ1) is 14.7. The summed E-state index contributed by atoms with van der Waals surface area (Å²) in [6.45, 7) is 6.19. The van der Waals surface area contributed by atoms with E-state index in [1.54, 1.807) is 22.4 Å². The zero-order valence-electron chi connectivity index (χ0n) is 17.2. The van der Waals surface area contributed by atoms with E-state index in [0.717, 1.165) is 49.4 Å². The van der Waals surface area contributed by atoms with E-state index in [2.05, 4.69) is 21.8 Å². The number of aromatic nitrogens is 2. The lowest BCUT2D eigenvalue weighted by molar-refractivity contribution is 0.111. The molecule has 0 bridgehead atoms. The number of carbonyl (C=O) groups excluding carboxylic acids is 1. The number of aryl methyl sites for hydroxylation is 1. The molecule has 156 valence electrons. The number of hydrogen-bond donors (Lipinski definition) is 0. The maximum absolute atomic E-state index is 12.5. The first-order valence-corrected chi connectivity index (χ1v) is 11.1. The third-order valence-corrected chi connectivity index (χ3v) is 6.37. The van der Waals surface area contributed by atoms with Crippen LogP contribution < -0.4 is 4.74 Å². The van der Waals surface area contributed by atoms with E-state index in [0.29, 0.717) is 18.8 Å². The maximum Gasteiger partial charge on any atom is 0.415 e. The topological polar surface area (TPSA) is 58.6 Å². The van der Waals surface area contributed by atoms with Gasteiger partial charge >= 0.3 is 6.09 Å². The van der Waals surface area contributed by atoms with E-state index in [1.807, 2.05) is 48.0 Å². The van der Waals surface area contributed by atoms with Gasteiger partial charge in [-0.3, -0.25) is 9.88 Å². The molecular weight excluding hydrogens is 396 g/mol. The van der Waals surface area contributed by atoms with Gasteiger partial charge in [-0.25, -0.2) is 9.78 Å². The Morgan fingerprint density at radius 3 is 2.53 bits per heavy atom. The molecule has 0 aliphatic carbocycles. The van der Waals surface area contributed by atoms with Gasteiger partial charge in [-0.1, -0.05) is 18.2 Å². The van der Waals surface area contributed by atoms with Crippen molar-refractivity contribution in [2.45, 2.75) is 19.8 Å². The number of ether oxygens (including phenoxy) is 1. The van der Waals surface area contributed by atoms with Crippen molar-refractivity contribution in [2.24, 2.45) is 0 Å². The quantitative estimate of drug-likeness (QED) is 0.605. The third kappa shape index (κ3) is 5.43. The Morgan fingerprint density at radius 1 is 1.07 bits per heavy atom. The summed E-state index contributed by atoms with van der Waals surface area (Å²) in [5, 5.41) is 0. The van der Waals surface area contributed by atoms with Crippen molar-refractivity contribution >= 4 is 17.4 Å². The summed E-state index contributed by atoms with van der Waals surface area (Å²) in [6.07, 6.45) is 3.31. The predicted octanol–water partition coefficient (Wildman–Crippen LogP) is 3.80. The minimum absolute atomic E-state index is 0.273. The summed E-state index contributed by atoms with van der Waals surface area (Å²) in [4.78, 5) is 26.7. The molecule has 1 aromatic carbocycles. The largest absolute Gasteiger partial charge is 0.415 e. The maximum atomic E-state index is 12.5. The second-order valence-electron chi connectivity index (χ2n) is 7.45. The van der Waals surface area contributed by atoms with Gasteiger partial charge in [-0.05, 0) is 43.2 Å². The van der Waals surface area contributed by atoms with E-state index < -0.39 is 0 Å². The smallest absolute Gasteiger partial charge is 0.410 e. The van der Waals surface area contributed by atoms with Crippen LogP contribution in [0.15, 0.2) is 54.2 Å². The molecule has 1 aliphatic heterocycles. The zero-order chi connectivity index (χ0) is 20.8. The van der Waals surface area contributed by atoms with Gasteiger partial charge in [0.1, 0.15) is 5.75 Å².